The van der Waals surface area contributed by atoms with Crippen molar-refractivity contribution >= 4 is 28.0 Å². The van der Waals surface area contributed by atoms with E-state index in [1.165, 1.54) is 40.8 Å². The Labute approximate surface area is 208 Å². The molecule has 4 aromatic rings. The van der Waals surface area contributed by atoms with Gasteiger partial charge in [-0.25, -0.2) is 4.98 Å². The van der Waals surface area contributed by atoms with Crippen LogP contribution in [0, 0.1) is 0 Å². The minimum Gasteiger partial charge on any atom is -0.496 e. The zero-order valence-corrected chi connectivity index (χ0v) is 20.8. The zero-order valence-electron chi connectivity index (χ0n) is 19.9. The average molecular weight is 489 g/mol. The monoisotopic (exact) mass is 488 g/mol. The molecule has 0 spiro atoms. The SMILES string of the molecule is COc1cc(=O)n2c(c1C(=O)N(C)Cc1nccs1)CCN(Cc1ccc3ccccc3c1)CC2. The minimum atomic E-state index is -0.163. The second-order valence-corrected chi connectivity index (χ2v) is 9.80. The lowest BCUT2D eigenvalue weighted by molar-refractivity contribution is 0.0779. The molecule has 0 saturated carbocycles. The summed E-state index contributed by atoms with van der Waals surface area (Å²) >= 11 is 1.51. The van der Waals surface area contributed by atoms with E-state index < -0.39 is 0 Å². The van der Waals surface area contributed by atoms with Gasteiger partial charge in [-0.2, -0.15) is 0 Å². The van der Waals surface area contributed by atoms with Crippen LogP contribution in [0.5, 0.6) is 5.75 Å². The van der Waals surface area contributed by atoms with E-state index in [0.717, 1.165) is 30.3 Å². The molecule has 2 aromatic carbocycles. The highest BCUT2D eigenvalue weighted by atomic mass is 32.1. The minimum absolute atomic E-state index is 0.136. The van der Waals surface area contributed by atoms with Crippen LogP contribution in [0.3, 0.4) is 0 Å². The van der Waals surface area contributed by atoms with Crippen molar-refractivity contribution in [2.75, 3.05) is 27.2 Å². The number of methoxy groups -OCH3 is 1. The van der Waals surface area contributed by atoms with Crippen molar-refractivity contribution < 1.29 is 9.53 Å². The summed E-state index contributed by atoms with van der Waals surface area (Å²) in [4.78, 5) is 34.8. The predicted molar refractivity (Wildman–Crippen MR) is 138 cm³/mol. The third-order valence-corrected chi connectivity index (χ3v) is 7.31. The molecule has 0 radical (unpaired) electrons. The van der Waals surface area contributed by atoms with Crippen molar-refractivity contribution in [1.29, 1.82) is 0 Å². The topological polar surface area (TPSA) is 67.7 Å². The molecule has 2 aromatic heterocycles. The summed E-state index contributed by atoms with van der Waals surface area (Å²) in [6.45, 7) is 3.21. The largest absolute Gasteiger partial charge is 0.496 e. The van der Waals surface area contributed by atoms with E-state index >= 15 is 0 Å². The fraction of sp³-hybridized carbons (Fsp3) is 0.296. The Morgan fingerprint density at radius 3 is 2.71 bits per heavy atom. The molecule has 0 unspecified atom stereocenters. The molecule has 0 fully saturated rings. The number of nitrogens with zero attached hydrogens (tertiary/aromatic N) is 4. The molecule has 3 heterocycles. The quantitative estimate of drug-likeness (QED) is 0.413. The van der Waals surface area contributed by atoms with Gasteiger partial charge in [0.1, 0.15) is 16.3 Å². The summed E-state index contributed by atoms with van der Waals surface area (Å²) in [6.07, 6.45) is 2.32. The van der Waals surface area contributed by atoms with Crippen molar-refractivity contribution in [3.8, 4) is 5.75 Å². The summed E-state index contributed by atoms with van der Waals surface area (Å²) in [6, 6.07) is 16.3. The van der Waals surface area contributed by atoms with Gasteiger partial charge in [0.2, 0.25) is 0 Å². The highest BCUT2D eigenvalue weighted by Gasteiger charge is 2.27. The van der Waals surface area contributed by atoms with Crippen LogP contribution in [0.1, 0.15) is 26.6 Å². The van der Waals surface area contributed by atoms with Crippen molar-refractivity contribution in [1.82, 2.24) is 19.4 Å². The number of thiazole rings is 1. The fourth-order valence-electron chi connectivity index (χ4n) is 4.73. The van der Waals surface area contributed by atoms with Crippen LogP contribution < -0.4 is 10.3 Å². The molecular formula is C27H28N4O3S. The van der Waals surface area contributed by atoms with Crippen LogP contribution in [0.15, 0.2) is 64.9 Å². The Morgan fingerprint density at radius 1 is 1.11 bits per heavy atom. The van der Waals surface area contributed by atoms with Crippen LogP contribution in [0.4, 0.5) is 0 Å². The standard InChI is InChI=1S/C27H28N4O3S/c1-29(18-24-28-10-14-35-24)27(33)26-22-9-11-30(12-13-31(22)25(32)16-23(26)34-2)17-19-7-8-20-5-3-4-6-21(20)15-19/h3-8,10,14-16H,9,11-13,17-18H2,1-2H3. The maximum atomic E-state index is 13.5. The van der Waals surface area contributed by atoms with Crippen molar-refractivity contribution in [2.24, 2.45) is 0 Å². The first-order valence-corrected chi connectivity index (χ1v) is 12.6. The molecule has 1 aliphatic heterocycles. The number of pyridine rings is 1. The van der Waals surface area contributed by atoms with E-state index in [-0.39, 0.29) is 11.5 Å². The third kappa shape index (κ3) is 4.85. The van der Waals surface area contributed by atoms with Gasteiger partial charge in [0.15, 0.2) is 0 Å². The van der Waals surface area contributed by atoms with E-state index in [2.05, 4.69) is 46.3 Å². The molecule has 0 N–H and O–H groups in total. The molecule has 0 atom stereocenters. The molecule has 0 bridgehead atoms. The molecule has 0 saturated heterocycles. The van der Waals surface area contributed by atoms with Crippen molar-refractivity contribution in [2.45, 2.75) is 26.1 Å². The number of hydrogen-bond acceptors (Lipinski definition) is 6. The normalized spacial score (nSPS) is 13.9. The Morgan fingerprint density at radius 2 is 1.94 bits per heavy atom. The highest BCUT2D eigenvalue weighted by molar-refractivity contribution is 7.09. The number of hydrogen-bond donors (Lipinski definition) is 0. The lowest BCUT2D eigenvalue weighted by atomic mass is 10.1. The van der Waals surface area contributed by atoms with Crippen LogP contribution >= 0.6 is 11.3 Å². The summed E-state index contributed by atoms with van der Waals surface area (Å²) in [5, 5.41) is 5.20. The second-order valence-electron chi connectivity index (χ2n) is 8.82. The van der Waals surface area contributed by atoms with Gasteiger partial charge < -0.3 is 14.2 Å². The van der Waals surface area contributed by atoms with Crippen LogP contribution in [0.2, 0.25) is 0 Å². The van der Waals surface area contributed by atoms with Crippen LogP contribution in [-0.2, 0) is 26.1 Å². The average Bonchev–Trinajstić information content (AvgIpc) is 3.29. The summed E-state index contributed by atoms with van der Waals surface area (Å²) in [5.41, 5.74) is 2.31. The number of ether oxygens (including phenoxy) is 1. The van der Waals surface area contributed by atoms with Crippen LogP contribution in [-0.4, -0.2) is 52.5 Å². The van der Waals surface area contributed by atoms with Crippen molar-refractivity contribution in [3.63, 3.8) is 0 Å². The number of carbonyl (C=O) groups excluding carboxylic acids is 1. The first kappa shape index (κ1) is 23.3. The van der Waals surface area contributed by atoms with Gasteiger partial charge in [0.25, 0.3) is 11.5 Å². The number of fused-ring (bicyclic) bond motifs is 2. The number of carbonyl (C=O) groups is 1. The van der Waals surface area contributed by atoms with E-state index in [4.69, 9.17) is 4.74 Å². The Kier molecular flexibility index (Phi) is 6.66. The molecule has 7 nitrogen and oxygen atoms in total. The van der Waals surface area contributed by atoms with E-state index in [9.17, 15) is 9.59 Å². The molecular weight excluding hydrogens is 460 g/mol. The molecule has 1 amide bonds. The third-order valence-electron chi connectivity index (χ3n) is 6.54. The van der Waals surface area contributed by atoms with Gasteiger partial charge in [-0.1, -0.05) is 36.4 Å². The Hall–Kier alpha value is -3.49. The Balaban J connectivity index is 1.40. The lowest BCUT2D eigenvalue weighted by Gasteiger charge is -2.21. The van der Waals surface area contributed by atoms with Crippen molar-refractivity contribution in [3.05, 3.63) is 92.3 Å². The van der Waals surface area contributed by atoms with Gasteiger partial charge in [0, 0.05) is 63.0 Å². The molecule has 180 valence electrons. The molecule has 8 heteroatoms. The molecule has 0 aliphatic carbocycles. The first-order chi connectivity index (χ1) is 17.0. The predicted octanol–water partition coefficient (Wildman–Crippen LogP) is 3.80. The number of aromatic nitrogens is 2. The second kappa shape index (κ2) is 10.0. The molecule has 1 aliphatic rings. The summed E-state index contributed by atoms with van der Waals surface area (Å²) in [5.74, 6) is 0.170. The van der Waals surface area contributed by atoms with Gasteiger partial charge >= 0.3 is 0 Å². The van der Waals surface area contributed by atoms with E-state index in [1.807, 2.05) is 11.4 Å². The fourth-order valence-corrected chi connectivity index (χ4v) is 5.40. The smallest absolute Gasteiger partial charge is 0.259 e. The maximum Gasteiger partial charge on any atom is 0.259 e. The van der Waals surface area contributed by atoms with E-state index in [0.29, 0.717) is 30.8 Å². The summed E-state index contributed by atoms with van der Waals surface area (Å²) < 4.78 is 7.26. The summed E-state index contributed by atoms with van der Waals surface area (Å²) in [7, 11) is 3.26. The van der Waals surface area contributed by atoms with Gasteiger partial charge in [-0.3, -0.25) is 14.5 Å². The molecule has 35 heavy (non-hydrogen) atoms. The van der Waals surface area contributed by atoms with E-state index in [1.54, 1.807) is 22.7 Å². The first-order valence-electron chi connectivity index (χ1n) is 11.7. The number of amides is 1. The van der Waals surface area contributed by atoms with Gasteiger partial charge in [0.05, 0.1) is 13.7 Å². The number of rotatable bonds is 6. The highest BCUT2D eigenvalue weighted by Crippen LogP contribution is 2.26. The molecule has 5 rings (SSSR count). The lowest BCUT2D eigenvalue weighted by Crippen LogP contribution is -2.32. The number of benzene rings is 2. The van der Waals surface area contributed by atoms with Crippen LogP contribution in [0.25, 0.3) is 10.8 Å². The Bertz CT molecular complexity index is 1410. The van der Waals surface area contributed by atoms with Gasteiger partial charge in [-0.05, 0) is 22.4 Å². The zero-order chi connectivity index (χ0) is 24.4. The maximum absolute atomic E-state index is 13.5. The van der Waals surface area contributed by atoms with Gasteiger partial charge in [-0.15, -0.1) is 11.3 Å².